The van der Waals surface area contributed by atoms with Crippen LogP contribution in [0.25, 0.3) is 10.6 Å². The van der Waals surface area contributed by atoms with Gasteiger partial charge in [0.15, 0.2) is 0 Å². The Morgan fingerprint density at radius 1 is 1.09 bits per heavy atom. The van der Waals surface area contributed by atoms with Crippen molar-refractivity contribution < 1.29 is 4.79 Å². The average Bonchev–Trinajstić information content (AvgIpc) is 3.12. The molecule has 0 atom stereocenters. The van der Waals surface area contributed by atoms with Crippen LogP contribution in [0.3, 0.4) is 0 Å². The Hall–Kier alpha value is -2.73. The predicted molar refractivity (Wildman–Crippen MR) is 90.6 cm³/mol. The predicted octanol–water partition coefficient (Wildman–Crippen LogP) is 2.40. The standard InChI is InChI=1S/C17H15N3O2S/c21-16-9-8-14(15-7-4-12-23-15)19-20(16)11-10-18-17(22)13-5-2-1-3-6-13/h1-9,12H,10-11H2,(H,18,22). The van der Waals surface area contributed by atoms with Crippen molar-refractivity contribution in [1.29, 1.82) is 0 Å². The summed E-state index contributed by atoms with van der Waals surface area (Å²) >= 11 is 1.57. The van der Waals surface area contributed by atoms with Gasteiger partial charge in [-0.15, -0.1) is 11.3 Å². The molecule has 0 unspecified atom stereocenters. The number of amides is 1. The number of thiophene rings is 1. The smallest absolute Gasteiger partial charge is 0.266 e. The quantitative estimate of drug-likeness (QED) is 0.783. The molecule has 23 heavy (non-hydrogen) atoms. The molecule has 2 aromatic heterocycles. The van der Waals surface area contributed by atoms with Gasteiger partial charge >= 0.3 is 0 Å². The summed E-state index contributed by atoms with van der Waals surface area (Å²) in [6, 6.07) is 16.1. The maximum absolute atomic E-state index is 12.0. The molecule has 6 heteroatoms. The minimum absolute atomic E-state index is 0.159. The molecule has 116 valence electrons. The van der Waals surface area contributed by atoms with E-state index in [0.717, 1.165) is 10.6 Å². The second kappa shape index (κ2) is 7.02. The van der Waals surface area contributed by atoms with E-state index in [1.807, 2.05) is 35.7 Å². The van der Waals surface area contributed by atoms with Crippen LogP contribution in [0.15, 0.2) is 64.8 Å². The molecule has 0 aliphatic carbocycles. The SMILES string of the molecule is O=C(NCCn1nc(-c2cccs2)ccc1=O)c1ccccc1. The molecule has 0 fully saturated rings. The summed E-state index contributed by atoms with van der Waals surface area (Å²) in [6.45, 7) is 0.672. The van der Waals surface area contributed by atoms with Gasteiger partial charge in [0.05, 0.1) is 11.4 Å². The summed E-state index contributed by atoms with van der Waals surface area (Å²) in [6.07, 6.45) is 0. The second-order valence-electron chi connectivity index (χ2n) is 4.88. The Morgan fingerprint density at radius 2 is 1.91 bits per heavy atom. The first-order chi connectivity index (χ1) is 11.2. The van der Waals surface area contributed by atoms with Crippen LogP contribution in [-0.4, -0.2) is 22.2 Å². The number of carbonyl (C=O) groups is 1. The maximum Gasteiger partial charge on any atom is 0.266 e. The van der Waals surface area contributed by atoms with E-state index in [1.54, 1.807) is 29.5 Å². The van der Waals surface area contributed by atoms with Crippen LogP contribution in [-0.2, 0) is 6.54 Å². The minimum Gasteiger partial charge on any atom is -0.350 e. The topological polar surface area (TPSA) is 64.0 Å². The molecular weight excluding hydrogens is 310 g/mol. The van der Waals surface area contributed by atoms with Crippen molar-refractivity contribution in [3.05, 3.63) is 75.9 Å². The Balaban J connectivity index is 1.65. The number of nitrogens with zero attached hydrogens (tertiary/aromatic N) is 2. The van der Waals surface area contributed by atoms with Gasteiger partial charge in [0, 0.05) is 18.2 Å². The molecule has 3 aromatic rings. The Bertz CT molecular complexity index is 842. The van der Waals surface area contributed by atoms with Crippen molar-refractivity contribution in [1.82, 2.24) is 15.1 Å². The van der Waals surface area contributed by atoms with Crippen molar-refractivity contribution in [3.63, 3.8) is 0 Å². The highest BCUT2D eigenvalue weighted by Gasteiger charge is 2.06. The Labute approximate surface area is 137 Å². The molecule has 0 saturated carbocycles. The van der Waals surface area contributed by atoms with Gasteiger partial charge in [-0.3, -0.25) is 9.59 Å². The largest absolute Gasteiger partial charge is 0.350 e. The molecule has 0 aliphatic rings. The summed E-state index contributed by atoms with van der Waals surface area (Å²) in [5.41, 5.74) is 1.17. The van der Waals surface area contributed by atoms with Crippen LogP contribution in [0.1, 0.15) is 10.4 Å². The third-order valence-corrected chi connectivity index (χ3v) is 4.18. The first kappa shape index (κ1) is 15.2. The van der Waals surface area contributed by atoms with E-state index in [2.05, 4.69) is 10.4 Å². The highest BCUT2D eigenvalue weighted by molar-refractivity contribution is 7.13. The second-order valence-corrected chi connectivity index (χ2v) is 5.83. The molecule has 2 heterocycles. The van der Waals surface area contributed by atoms with E-state index < -0.39 is 0 Å². The molecule has 0 radical (unpaired) electrons. The number of aromatic nitrogens is 2. The van der Waals surface area contributed by atoms with E-state index in [1.165, 1.54) is 10.7 Å². The van der Waals surface area contributed by atoms with Crippen LogP contribution < -0.4 is 10.9 Å². The van der Waals surface area contributed by atoms with Crippen LogP contribution >= 0.6 is 11.3 Å². The number of benzene rings is 1. The average molecular weight is 325 g/mol. The maximum atomic E-state index is 12.0. The van der Waals surface area contributed by atoms with Crippen molar-refractivity contribution >= 4 is 17.2 Å². The molecule has 5 nitrogen and oxygen atoms in total. The Kier molecular flexibility index (Phi) is 4.63. The zero-order valence-corrected chi connectivity index (χ0v) is 13.1. The van der Waals surface area contributed by atoms with Gasteiger partial charge in [-0.1, -0.05) is 24.3 Å². The van der Waals surface area contributed by atoms with Crippen LogP contribution in [0.4, 0.5) is 0 Å². The fourth-order valence-electron chi connectivity index (χ4n) is 2.13. The van der Waals surface area contributed by atoms with Crippen LogP contribution in [0.5, 0.6) is 0 Å². The first-order valence-corrected chi connectivity index (χ1v) is 8.07. The van der Waals surface area contributed by atoms with E-state index >= 15 is 0 Å². The normalized spacial score (nSPS) is 10.4. The van der Waals surface area contributed by atoms with Crippen molar-refractivity contribution in [3.8, 4) is 10.6 Å². The van der Waals surface area contributed by atoms with Crippen LogP contribution in [0, 0.1) is 0 Å². The van der Waals surface area contributed by atoms with E-state index in [9.17, 15) is 9.59 Å². The van der Waals surface area contributed by atoms with Gasteiger partial charge in [0.2, 0.25) is 0 Å². The summed E-state index contributed by atoms with van der Waals surface area (Å²) in [5.74, 6) is -0.159. The number of hydrogen-bond donors (Lipinski definition) is 1. The Morgan fingerprint density at radius 3 is 2.65 bits per heavy atom. The van der Waals surface area contributed by atoms with Gasteiger partial charge in [0.1, 0.15) is 5.69 Å². The highest BCUT2D eigenvalue weighted by Crippen LogP contribution is 2.20. The monoisotopic (exact) mass is 325 g/mol. The van der Waals surface area contributed by atoms with Gasteiger partial charge < -0.3 is 5.32 Å². The number of rotatable bonds is 5. The molecule has 0 bridgehead atoms. The fourth-order valence-corrected chi connectivity index (χ4v) is 2.82. The number of hydrogen-bond acceptors (Lipinski definition) is 4. The summed E-state index contributed by atoms with van der Waals surface area (Å²) in [5, 5.41) is 9.11. The molecule has 1 N–H and O–H groups in total. The molecule has 1 amide bonds. The van der Waals surface area contributed by atoms with E-state index in [4.69, 9.17) is 0 Å². The third-order valence-electron chi connectivity index (χ3n) is 3.29. The van der Waals surface area contributed by atoms with Crippen LogP contribution in [0.2, 0.25) is 0 Å². The third kappa shape index (κ3) is 3.73. The lowest BCUT2D eigenvalue weighted by Gasteiger charge is -2.08. The molecular formula is C17H15N3O2S. The lowest BCUT2D eigenvalue weighted by Crippen LogP contribution is -2.31. The van der Waals surface area contributed by atoms with Gasteiger partial charge in [0.25, 0.3) is 11.5 Å². The number of nitrogens with one attached hydrogen (secondary N) is 1. The van der Waals surface area contributed by atoms with Crippen molar-refractivity contribution in [2.45, 2.75) is 6.54 Å². The molecule has 0 aliphatic heterocycles. The van der Waals surface area contributed by atoms with Crippen molar-refractivity contribution in [2.75, 3.05) is 6.54 Å². The van der Waals surface area contributed by atoms with Gasteiger partial charge in [-0.05, 0) is 29.6 Å². The van der Waals surface area contributed by atoms with E-state index in [0.29, 0.717) is 18.7 Å². The van der Waals surface area contributed by atoms with Crippen molar-refractivity contribution in [2.24, 2.45) is 0 Å². The molecule has 3 rings (SSSR count). The highest BCUT2D eigenvalue weighted by atomic mass is 32.1. The summed E-state index contributed by atoms with van der Waals surface area (Å²) in [4.78, 5) is 24.8. The zero-order chi connectivity index (χ0) is 16.1. The molecule has 1 aromatic carbocycles. The fraction of sp³-hybridized carbons (Fsp3) is 0.118. The first-order valence-electron chi connectivity index (χ1n) is 7.19. The van der Waals surface area contributed by atoms with Gasteiger partial charge in [-0.2, -0.15) is 5.10 Å². The summed E-state index contributed by atoms with van der Waals surface area (Å²) in [7, 11) is 0. The lowest BCUT2D eigenvalue weighted by molar-refractivity contribution is 0.0952. The van der Waals surface area contributed by atoms with E-state index in [-0.39, 0.29) is 11.5 Å². The molecule has 0 spiro atoms. The summed E-state index contributed by atoms with van der Waals surface area (Å²) < 4.78 is 1.38. The lowest BCUT2D eigenvalue weighted by atomic mass is 10.2. The minimum atomic E-state index is -0.181. The van der Waals surface area contributed by atoms with Gasteiger partial charge in [-0.25, -0.2) is 4.68 Å². The number of carbonyl (C=O) groups excluding carboxylic acids is 1. The molecule has 0 saturated heterocycles. The zero-order valence-electron chi connectivity index (χ0n) is 12.3.